The predicted molar refractivity (Wildman–Crippen MR) is 84.2 cm³/mol. The van der Waals surface area contributed by atoms with Crippen molar-refractivity contribution in [3.8, 4) is 5.13 Å². The molecule has 4 rings (SSSR count). The molecule has 2 nitrogen and oxygen atoms in total. The second-order valence-electron chi connectivity index (χ2n) is 4.15. The molecule has 19 heavy (non-hydrogen) atoms. The molecule has 0 unspecified atom stereocenters. The Balaban J connectivity index is 2.03. The number of fused-ring (bicyclic) bond motifs is 2. The van der Waals surface area contributed by atoms with Gasteiger partial charge >= 0.3 is 125 Å². The van der Waals surface area contributed by atoms with E-state index in [2.05, 4.69) is 33.9 Å². The Hall–Kier alpha value is -1.26. The van der Waals surface area contributed by atoms with Gasteiger partial charge in [0.25, 0.3) is 0 Å². The Morgan fingerprint density at radius 3 is 2.68 bits per heavy atom. The zero-order valence-electron chi connectivity index (χ0n) is 9.74. The molecular formula is C14H8N2S2Se. The third-order valence-electron chi connectivity index (χ3n) is 2.95. The Labute approximate surface area is 124 Å². The molecule has 0 aliphatic carbocycles. The van der Waals surface area contributed by atoms with Crippen LogP contribution < -0.4 is 0 Å². The molecule has 2 heterocycles. The topological polar surface area (TPSA) is 17.8 Å². The minimum absolute atomic E-state index is 0.210. The van der Waals surface area contributed by atoms with Gasteiger partial charge < -0.3 is 0 Å². The van der Waals surface area contributed by atoms with Crippen LogP contribution in [0.1, 0.15) is 0 Å². The van der Waals surface area contributed by atoms with Crippen LogP contribution in [0.2, 0.25) is 0 Å². The van der Waals surface area contributed by atoms with E-state index in [4.69, 9.17) is 17.2 Å². The Bertz CT molecular complexity index is 916. The van der Waals surface area contributed by atoms with Gasteiger partial charge in [-0.15, -0.1) is 0 Å². The Kier molecular flexibility index (Phi) is 2.67. The molecule has 0 N–H and O–H groups in total. The predicted octanol–water partition coefficient (Wildman–Crippen LogP) is 4.03. The van der Waals surface area contributed by atoms with E-state index in [1.54, 1.807) is 11.3 Å². The summed E-state index contributed by atoms with van der Waals surface area (Å²) in [5, 5.41) is 2.21. The van der Waals surface area contributed by atoms with Crippen molar-refractivity contribution in [2.75, 3.05) is 0 Å². The number of thiazole rings is 1. The van der Waals surface area contributed by atoms with E-state index in [0.29, 0.717) is 0 Å². The van der Waals surface area contributed by atoms with Crippen molar-refractivity contribution in [1.29, 1.82) is 0 Å². The molecule has 0 atom stereocenters. The van der Waals surface area contributed by atoms with Gasteiger partial charge in [-0.1, -0.05) is 0 Å². The van der Waals surface area contributed by atoms with Crippen molar-refractivity contribution in [1.82, 2.24) is 8.55 Å². The molecule has 0 aliphatic rings. The fraction of sp³-hybridized carbons (Fsp3) is 0. The summed E-state index contributed by atoms with van der Waals surface area (Å²) in [5.74, 6) is 0. The molecule has 2 aromatic heterocycles. The summed E-state index contributed by atoms with van der Waals surface area (Å²) in [7, 11) is 0. The summed E-state index contributed by atoms with van der Waals surface area (Å²) >= 11 is 7.51. The molecule has 5 heteroatoms. The van der Waals surface area contributed by atoms with Crippen LogP contribution in [-0.4, -0.2) is 23.3 Å². The maximum atomic E-state index is 5.59. The number of nitrogens with zero attached hydrogens (tertiary/aromatic N) is 2. The molecule has 92 valence electrons. The van der Waals surface area contributed by atoms with E-state index < -0.39 is 0 Å². The third-order valence-corrected chi connectivity index (χ3v) is 7.18. The van der Waals surface area contributed by atoms with Crippen LogP contribution in [0.3, 0.4) is 0 Å². The first-order chi connectivity index (χ1) is 9.33. The van der Waals surface area contributed by atoms with Gasteiger partial charge in [0.15, 0.2) is 0 Å². The second kappa shape index (κ2) is 4.39. The van der Waals surface area contributed by atoms with Crippen molar-refractivity contribution in [3.05, 3.63) is 53.2 Å². The summed E-state index contributed by atoms with van der Waals surface area (Å²) in [4.78, 5) is 4.70. The van der Waals surface area contributed by atoms with Crippen LogP contribution in [0.25, 0.3) is 25.0 Å². The molecule has 0 amide bonds. The van der Waals surface area contributed by atoms with Crippen molar-refractivity contribution in [2.45, 2.75) is 0 Å². The van der Waals surface area contributed by atoms with Gasteiger partial charge in [0.1, 0.15) is 0 Å². The normalized spacial score (nSPS) is 11.4. The van der Waals surface area contributed by atoms with Gasteiger partial charge in [0, 0.05) is 0 Å². The first-order valence-corrected chi connectivity index (χ1v) is 8.65. The Morgan fingerprint density at radius 2 is 1.84 bits per heavy atom. The summed E-state index contributed by atoms with van der Waals surface area (Å²) < 4.78 is 5.67. The second-order valence-corrected chi connectivity index (χ2v) is 7.62. The molecule has 0 saturated carbocycles. The van der Waals surface area contributed by atoms with Gasteiger partial charge in [0.2, 0.25) is 0 Å². The number of hydrogen-bond donors (Lipinski definition) is 0. The molecule has 0 bridgehead atoms. The van der Waals surface area contributed by atoms with Gasteiger partial charge in [-0.2, -0.15) is 0 Å². The van der Waals surface area contributed by atoms with Crippen LogP contribution in [0, 0.1) is 4.64 Å². The number of para-hydroxylation sites is 1. The van der Waals surface area contributed by atoms with Gasteiger partial charge in [0.05, 0.1) is 0 Å². The first kappa shape index (κ1) is 11.6. The summed E-state index contributed by atoms with van der Waals surface area (Å²) in [6.07, 6.45) is 0. The molecule has 0 spiro atoms. The standard InChI is InChI=1S/C14H8N2S2Se/c17-13-9-5-1-4-8-12(9)19-16(13)14-15-10-6-2-3-7-11(10)18-14/h1-8H. The molecule has 0 saturated heterocycles. The van der Waals surface area contributed by atoms with Crippen LogP contribution in [0.5, 0.6) is 0 Å². The van der Waals surface area contributed by atoms with Gasteiger partial charge in [-0.05, 0) is 0 Å². The fourth-order valence-corrected chi connectivity index (χ4v) is 5.90. The van der Waals surface area contributed by atoms with Crippen molar-refractivity contribution in [2.24, 2.45) is 0 Å². The average Bonchev–Trinajstić information content (AvgIpc) is 3.00. The van der Waals surface area contributed by atoms with E-state index in [1.165, 1.54) is 14.3 Å². The van der Waals surface area contributed by atoms with Gasteiger partial charge in [-0.3, -0.25) is 0 Å². The quantitative estimate of drug-likeness (QED) is 0.382. The molecule has 4 aromatic rings. The Morgan fingerprint density at radius 1 is 1.05 bits per heavy atom. The van der Waals surface area contributed by atoms with Crippen molar-refractivity contribution in [3.63, 3.8) is 0 Å². The number of benzene rings is 2. The monoisotopic (exact) mass is 348 g/mol. The molecule has 0 aliphatic heterocycles. The van der Waals surface area contributed by atoms with Crippen LogP contribution >= 0.6 is 23.6 Å². The third kappa shape index (κ3) is 1.82. The van der Waals surface area contributed by atoms with E-state index in [1.807, 2.05) is 18.2 Å². The van der Waals surface area contributed by atoms with Crippen LogP contribution in [0.15, 0.2) is 48.5 Å². The molecule has 2 aromatic carbocycles. The van der Waals surface area contributed by atoms with Gasteiger partial charge in [-0.25, -0.2) is 0 Å². The SMILES string of the molecule is S=c1c2ccccc2[se]n1-c1nc2ccccc2s1. The van der Waals surface area contributed by atoms with Crippen molar-refractivity contribution >= 4 is 58.2 Å². The van der Waals surface area contributed by atoms with E-state index >= 15 is 0 Å². The fourth-order valence-electron chi connectivity index (χ4n) is 2.04. The minimum atomic E-state index is 0.210. The molecular weight excluding hydrogens is 339 g/mol. The zero-order valence-corrected chi connectivity index (χ0v) is 13.1. The zero-order chi connectivity index (χ0) is 12.8. The molecule has 0 radical (unpaired) electrons. The maximum absolute atomic E-state index is 5.59. The summed E-state index contributed by atoms with van der Waals surface area (Å²) in [6.45, 7) is 0. The van der Waals surface area contributed by atoms with Crippen LogP contribution in [0.4, 0.5) is 0 Å². The van der Waals surface area contributed by atoms with Crippen LogP contribution in [-0.2, 0) is 0 Å². The summed E-state index contributed by atoms with van der Waals surface area (Å²) in [5.41, 5.74) is 1.05. The summed E-state index contributed by atoms with van der Waals surface area (Å²) in [6, 6.07) is 16.6. The number of rotatable bonds is 1. The number of aromatic nitrogens is 2. The van der Waals surface area contributed by atoms with Crippen molar-refractivity contribution < 1.29 is 0 Å². The number of hydrogen-bond acceptors (Lipinski definition) is 3. The van der Waals surface area contributed by atoms with E-state index in [9.17, 15) is 0 Å². The first-order valence-electron chi connectivity index (χ1n) is 5.80. The van der Waals surface area contributed by atoms with E-state index in [-0.39, 0.29) is 14.7 Å². The molecule has 0 fully saturated rings. The van der Waals surface area contributed by atoms with E-state index in [0.717, 1.165) is 15.3 Å². The average molecular weight is 347 g/mol.